The van der Waals surface area contributed by atoms with E-state index in [2.05, 4.69) is 9.72 Å². The summed E-state index contributed by atoms with van der Waals surface area (Å²) in [4.78, 5) is 15.8. The van der Waals surface area contributed by atoms with Crippen molar-refractivity contribution in [3.63, 3.8) is 0 Å². The lowest BCUT2D eigenvalue weighted by molar-refractivity contribution is 0.0980. The van der Waals surface area contributed by atoms with Crippen molar-refractivity contribution in [1.29, 1.82) is 0 Å². The maximum atomic E-state index is 11.7. The molecule has 1 aromatic heterocycles. The summed E-state index contributed by atoms with van der Waals surface area (Å²) in [6, 6.07) is 3.12. The Morgan fingerprint density at radius 3 is 2.70 bits per heavy atom. The second-order valence-electron chi connectivity index (χ2n) is 3.92. The first kappa shape index (κ1) is 16.5. The molecule has 1 rings (SSSR count). The molecule has 0 radical (unpaired) electrons. The highest BCUT2D eigenvalue weighted by molar-refractivity contribution is 7.90. The van der Waals surface area contributed by atoms with Crippen LogP contribution in [0.15, 0.2) is 18.3 Å². The molecule has 1 amide bonds. The number of carbonyl (C=O) groups is 1. The third kappa shape index (κ3) is 5.64. The number of carbonyl (C=O) groups excluding carboxylic acids is 1. The summed E-state index contributed by atoms with van der Waals surface area (Å²) in [7, 11) is -2.31. The molecule has 8 heteroatoms. The van der Waals surface area contributed by atoms with E-state index < -0.39 is 15.9 Å². The second-order valence-corrected chi connectivity index (χ2v) is 5.76. The number of amides is 1. The van der Waals surface area contributed by atoms with E-state index in [1.165, 1.54) is 19.4 Å². The Morgan fingerprint density at radius 1 is 1.40 bits per heavy atom. The molecule has 0 spiro atoms. The van der Waals surface area contributed by atoms with Gasteiger partial charge in [0.1, 0.15) is 0 Å². The summed E-state index contributed by atoms with van der Waals surface area (Å²) in [5, 5.41) is 0. The van der Waals surface area contributed by atoms with E-state index in [0.717, 1.165) is 0 Å². The first-order valence-electron chi connectivity index (χ1n) is 6.05. The number of ether oxygens (including phenoxy) is 2. The highest BCUT2D eigenvalue weighted by Gasteiger charge is 2.16. The summed E-state index contributed by atoms with van der Waals surface area (Å²) in [5.74, 6) is -0.984. The largest absolute Gasteiger partial charge is 0.384 e. The molecule has 0 bridgehead atoms. The van der Waals surface area contributed by atoms with Gasteiger partial charge in [0.15, 0.2) is 0 Å². The fourth-order valence-electron chi connectivity index (χ4n) is 1.30. The quantitative estimate of drug-likeness (QED) is 0.743. The molecule has 20 heavy (non-hydrogen) atoms. The van der Waals surface area contributed by atoms with Gasteiger partial charge in [-0.3, -0.25) is 9.78 Å². The van der Waals surface area contributed by atoms with Gasteiger partial charge in [-0.15, -0.1) is 0 Å². The van der Waals surface area contributed by atoms with Crippen LogP contribution in [0.2, 0.25) is 0 Å². The third-order valence-electron chi connectivity index (χ3n) is 2.35. The van der Waals surface area contributed by atoms with Gasteiger partial charge in [-0.05, 0) is 19.1 Å². The lowest BCUT2D eigenvalue weighted by atomic mass is 10.2. The minimum Gasteiger partial charge on any atom is -0.384 e. The average Bonchev–Trinajstić information content (AvgIpc) is 2.43. The minimum atomic E-state index is -3.69. The first-order valence-corrected chi connectivity index (χ1v) is 7.70. The lowest BCUT2D eigenvalue weighted by Gasteiger charge is -2.07. The summed E-state index contributed by atoms with van der Waals surface area (Å²) < 4.78 is 34.8. The molecule has 0 fully saturated rings. The van der Waals surface area contributed by atoms with Crippen molar-refractivity contribution in [2.45, 2.75) is 13.5 Å². The van der Waals surface area contributed by atoms with Crippen LogP contribution in [0.25, 0.3) is 0 Å². The monoisotopic (exact) mass is 302 g/mol. The molecule has 112 valence electrons. The molecule has 1 N–H and O–H groups in total. The predicted octanol–water partition coefficient (Wildman–Crippen LogP) is 0.324. The number of methoxy groups -OCH3 is 1. The van der Waals surface area contributed by atoms with E-state index in [1.807, 2.05) is 11.6 Å². The zero-order valence-corrected chi connectivity index (χ0v) is 12.3. The van der Waals surface area contributed by atoms with E-state index in [0.29, 0.717) is 18.9 Å². The number of pyridine rings is 1. The first-order chi connectivity index (χ1) is 9.48. The van der Waals surface area contributed by atoms with Crippen LogP contribution in [0.1, 0.15) is 23.0 Å². The Balaban J connectivity index is 2.63. The molecular weight excluding hydrogens is 284 g/mol. The fraction of sp³-hybridized carbons (Fsp3) is 0.500. The van der Waals surface area contributed by atoms with Crippen LogP contribution in [0.3, 0.4) is 0 Å². The summed E-state index contributed by atoms with van der Waals surface area (Å²) in [6.07, 6.45) is 1.32. The van der Waals surface area contributed by atoms with Gasteiger partial charge >= 0.3 is 0 Å². The molecule has 0 aromatic carbocycles. The van der Waals surface area contributed by atoms with E-state index in [9.17, 15) is 13.2 Å². The van der Waals surface area contributed by atoms with Crippen LogP contribution < -0.4 is 4.72 Å². The lowest BCUT2D eigenvalue weighted by Crippen LogP contribution is -2.33. The Hall–Kier alpha value is -1.51. The zero-order chi connectivity index (χ0) is 15.0. The van der Waals surface area contributed by atoms with E-state index in [-0.39, 0.29) is 17.9 Å². The van der Waals surface area contributed by atoms with Crippen molar-refractivity contribution in [3.8, 4) is 0 Å². The van der Waals surface area contributed by atoms with Crippen LogP contribution in [-0.2, 0) is 26.1 Å². The number of aromatic nitrogens is 1. The average molecular weight is 302 g/mol. The number of nitrogens with one attached hydrogen (secondary N) is 1. The van der Waals surface area contributed by atoms with Crippen LogP contribution in [-0.4, -0.2) is 45.4 Å². The van der Waals surface area contributed by atoms with Gasteiger partial charge < -0.3 is 9.47 Å². The molecular formula is C12H18N2O5S. The van der Waals surface area contributed by atoms with Gasteiger partial charge in [0, 0.05) is 19.9 Å². The molecule has 0 saturated carbocycles. The molecule has 1 heterocycles. The van der Waals surface area contributed by atoms with Crippen LogP contribution in [0.4, 0.5) is 0 Å². The second kappa shape index (κ2) is 7.93. The van der Waals surface area contributed by atoms with Gasteiger partial charge in [0.25, 0.3) is 5.91 Å². The number of nitrogens with zero attached hydrogens (tertiary/aromatic N) is 1. The van der Waals surface area contributed by atoms with Gasteiger partial charge in [-0.2, -0.15) is 0 Å². The number of hydrogen-bond donors (Lipinski definition) is 1. The molecule has 7 nitrogen and oxygen atoms in total. The SMILES string of the molecule is CCOCc1ccc(C(=O)NS(=O)(=O)CCOC)cn1. The molecule has 0 aliphatic carbocycles. The maximum absolute atomic E-state index is 11.7. The number of hydrogen-bond acceptors (Lipinski definition) is 6. The molecule has 0 atom stereocenters. The molecule has 0 aliphatic rings. The third-order valence-corrected chi connectivity index (χ3v) is 3.55. The van der Waals surface area contributed by atoms with E-state index in [4.69, 9.17) is 4.74 Å². The Kier molecular flexibility index (Phi) is 6.56. The van der Waals surface area contributed by atoms with Crippen molar-refractivity contribution in [1.82, 2.24) is 9.71 Å². The van der Waals surface area contributed by atoms with E-state index >= 15 is 0 Å². The topological polar surface area (TPSA) is 94.6 Å². The highest BCUT2D eigenvalue weighted by atomic mass is 32.2. The maximum Gasteiger partial charge on any atom is 0.266 e. The van der Waals surface area contributed by atoms with Crippen LogP contribution in [0.5, 0.6) is 0 Å². The van der Waals surface area contributed by atoms with E-state index in [1.54, 1.807) is 6.07 Å². The van der Waals surface area contributed by atoms with Crippen molar-refractivity contribution >= 4 is 15.9 Å². The van der Waals surface area contributed by atoms with Crippen LogP contribution >= 0.6 is 0 Å². The summed E-state index contributed by atoms with van der Waals surface area (Å²) >= 11 is 0. The number of sulfonamides is 1. The van der Waals surface area contributed by atoms with Gasteiger partial charge in [0.05, 0.1) is 30.2 Å². The van der Waals surface area contributed by atoms with Crippen LogP contribution in [0, 0.1) is 0 Å². The standard InChI is InChI=1S/C12H18N2O5S/c1-3-19-9-11-5-4-10(8-13-11)12(15)14-20(16,17)7-6-18-2/h4-5,8H,3,6-7,9H2,1-2H3,(H,14,15). The molecule has 0 unspecified atom stereocenters. The molecule has 0 aliphatic heterocycles. The van der Waals surface area contributed by atoms with Crippen molar-refractivity contribution < 1.29 is 22.7 Å². The minimum absolute atomic E-state index is 0.0220. The summed E-state index contributed by atoms with van der Waals surface area (Å²) in [6.45, 7) is 2.81. The normalized spacial score (nSPS) is 11.3. The Morgan fingerprint density at radius 2 is 2.15 bits per heavy atom. The smallest absolute Gasteiger partial charge is 0.266 e. The Labute approximate surface area is 118 Å². The fourth-order valence-corrected chi connectivity index (χ4v) is 2.18. The van der Waals surface area contributed by atoms with Crippen molar-refractivity contribution in [3.05, 3.63) is 29.6 Å². The van der Waals surface area contributed by atoms with Gasteiger partial charge in [-0.25, -0.2) is 13.1 Å². The molecule has 1 aromatic rings. The molecule has 0 saturated heterocycles. The number of rotatable bonds is 8. The predicted molar refractivity (Wildman–Crippen MR) is 72.7 cm³/mol. The summed E-state index contributed by atoms with van der Waals surface area (Å²) in [5.41, 5.74) is 0.844. The van der Waals surface area contributed by atoms with Gasteiger partial charge in [-0.1, -0.05) is 0 Å². The van der Waals surface area contributed by atoms with Crippen molar-refractivity contribution in [2.75, 3.05) is 26.1 Å². The van der Waals surface area contributed by atoms with Crippen molar-refractivity contribution in [2.24, 2.45) is 0 Å². The van der Waals surface area contributed by atoms with Gasteiger partial charge in [0.2, 0.25) is 10.0 Å². The zero-order valence-electron chi connectivity index (χ0n) is 11.5. The Bertz CT molecular complexity index is 527. The highest BCUT2D eigenvalue weighted by Crippen LogP contribution is 2.03.